The Hall–Kier alpha value is -1.28. The maximum atomic E-state index is 6.15. The fourth-order valence-electron chi connectivity index (χ4n) is 1.80. The Morgan fingerprint density at radius 1 is 1.38 bits per heavy atom. The van der Waals surface area contributed by atoms with Crippen LogP contribution in [0.25, 0.3) is 6.08 Å². The standard InChI is InChI=1S/C11H14N2/c1-11(13)7-3-4-8-9(11)5-2-6-10(8)12/h2-6H,7,12-13H2,1H3. The van der Waals surface area contributed by atoms with Crippen molar-refractivity contribution in [1.82, 2.24) is 0 Å². The van der Waals surface area contributed by atoms with E-state index >= 15 is 0 Å². The first-order chi connectivity index (χ1) is 6.11. The Morgan fingerprint density at radius 3 is 2.85 bits per heavy atom. The van der Waals surface area contributed by atoms with Crippen molar-refractivity contribution in [2.75, 3.05) is 5.73 Å². The fourth-order valence-corrected chi connectivity index (χ4v) is 1.80. The van der Waals surface area contributed by atoms with Gasteiger partial charge in [0.1, 0.15) is 0 Å². The third-order valence-electron chi connectivity index (χ3n) is 2.58. The average molecular weight is 174 g/mol. The minimum atomic E-state index is -0.264. The van der Waals surface area contributed by atoms with Crippen molar-refractivity contribution in [2.24, 2.45) is 5.73 Å². The molecular weight excluding hydrogens is 160 g/mol. The van der Waals surface area contributed by atoms with E-state index in [2.05, 4.69) is 18.2 Å². The Balaban J connectivity index is 2.67. The molecule has 0 fully saturated rings. The first-order valence-electron chi connectivity index (χ1n) is 4.46. The Labute approximate surface area is 78.2 Å². The minimum Gasteiger partial charge on any atom is -0.398 e. The van der Waals surface area contributed by atoms with Crippen molar-refractivity contribution in [3.63, 3.8) is 0 Å². The first-order valence-corrected chi connectivity index (χ1v) is 4.46. The van der Waals surface area contributed by atoms with E-state index in [-0.39, 0.29) is 5.54 Å². The first kappa shape index (κ1) is 8.32. The van der Waals surface area contributed by atoms with Gasteiger partial charge in [-0.15, -0.1) is 0 Å². The third kappa shape index (κ3) is 1.23. The van der Waals surface area contributed by atoms with Crippen LogP contribution in [0.2, 0.25) is 0 Å². The van der Waals surface area contributed by atoms with Gasteiger partial charge >= 0.3 is 0 Å². The molecule has 2 rings (SSSR count). The van der Waals surface area contributed by atoms with Crippen LogP contribution in [-0.2, 0) is 5.54 Å². The van der Waals surface area contributed by atoms with Crippen LogP contribution in [0.3, 0.4) is 0 Å². The molecule has 0 aliphatic heterocycles. The largest absolute Gasteiger partial charge is 0.398 e. The second kappa shape index (κ2) is 2.60. The van der Waals surface area contributed by atoms with Crippen molar-refractivity contribution >= 4 is 11.8 Å². The summed E-state index contributed by atoms with van der Waals surface area (Å²) >= 11 is 0. The zero-order valence-corrected chi connectivity index (χ0v) is 7.75. The van der Waals surface area contributed by atoms with Gasteiger partial charge in [0.15, 0.2) is 0 Å². The van der Waals surface area contributed by atoms with Crippen LogP contribution >= 0.6 is 0 Å². The van der Waals surface area contributed by atoms with Crippen molar-refractivity contribution in [1.29, 1.82) is 0 Å². The van der Waals surface area contributed by atoms with Crippen molar-refractivity contribution in [2.45, 2.75) is 18.9 Å². The van der Waals surface area contributed by atoms with E-state index in [9.17, 15) is 0 Å². The molecule has 4 N–H and O–H groups in total. The predicted molar refractivity (Wildman–Crippen MR) is 56.0 cm³/mol. The van der Waals surface area contributed by atoms with Gasteiger partial charge in [-0.2, -0.15) is 0 Å². The molecule has 1 atom stereocenters. The Bertz CT molecular complexity index is 364. The third-order valence-corrected chi connectivity index (χ3v) is 2.58. The van der Waals surface area contributed by atoms with Gasteiger partial charge in [0.05, 0.1) is 0 Å². The summed E-state index contributed by atoms with van der Waals surface area (Å²) < 4.78 is 0. The van der Waals surface area contributed by atoms with Crippen LogP contribution in [-0.4, -0.2) is 0 Å². The molecule has 1 aliphatic rings. The Kier molecular flexibility index (Phi) is 1.67. The lowest BCUT2D eigenvalue weighted by molar-refractivity contribution is 0.497. The monoisotopic (exact) mass is 174 g/mol. The molecule has 0 radical (unpaired) electrons. The van der Waals surface area contributed by atoms with Gasteiger partial charge in [-0.05, 0) is 25.0 Å². The molecule has 13 heavy (non-hydrogen) atoms. The lowest BCUT2D eigenvalue weighted by Gasteiger charge is -2.29. The number of nitrogen functional groups attached to an aromatic ring is 1. The van der Waals surface area contributed by atoms with E-state index in [1.54, 1.807) is 0 Å². The van der Waals surface area contributed by atoms with Crippen LogP contribution in [0, 0.1) is 0 Å². The SMILES string of the molecule is CC1(N)CC=Cc2c(N)cccc21. The van der Waals surface area contributed by atoms with E-state index in [1.165, 1.54) is 0 Å². The maximum absolute atomic E-state index is 6.15. The highest BCUT2D eigenvalue weighted by molar-refractivity contribution is 5.70. The molecule has 1 aromatic rings. The van der Waals surface area contributed by atoms with Crippen LogP contribution < -0.4 is 11.5 Å². The highest BCUT2D eigenvalue weighted by atomic mass is 14.7. The van der Waals surface area contributed by atoms with Crippen LogP contribution in [0.1, 0.15) is 24.5 Å². The molecular formula is C11H14N2. The molecule has 0 bridgehead atoms. The summed E-state index contributed by atoms with van der Waals surface area (Å²) in [6.45, 7) is 2.04. The number of hydrogen-bond donors (Lipinski definition) is 2. The van der Waals surface area contributed by atoms with Gasteiger partial charge in [-0.25, -0.2) is 0 Å². The number of hydrogen-bond acceptors (Lipinski definition) is 2. The average Bonchev–Trinajstić information content (AvgIpc) is 2.06. The molecule has 0 aromatic heterocycles. The lowest BCUT2D eigenvalue weighted by Crippen LogP contribution is -2.34. The van der Waals surface area contributed by atoms with Crippen molar-refractivity contribution < 1.29 is 0 Å². The van der Waals surface area contributed by atoms with E-state index in [0.717, 1.165) is 23.2 Å². The summed E-state index contributed by atoms with van der Waals surface area (Å²) in [5.41, 5.74) is 14.8. The molecule has 68 valence electrons. The zero-order valence-electron chi connectivity index (χ0n) is 7.75. The maximum Gasteiger partial charge on any atom is 0.0422 e. The number of benzene rings is 1. The molecule has 0 amide bonds. The number of anilines is 1. The van der Waals surface area contributed by atoms with Gasteiger partial charge in [-0.1, -0.05) is 24.3 Å². The van der Waals surface area contributed by atoms with E-state index in [0.29, 0.717) is 0 Å². The molecule has 2 heteroatoms. The summed E-state index contributed by atoms with van der Waals surface area (Å²) in [7, 11) is 0. The summed E-state index contributed by atoms with van der Waals surface area (Å²) in [5.74, 6) is 0. The van der Waals surface area contributed by atoms with Crippen molar-refractivity contribution in [3.05, 3.63) is 35.4 Å². The summed E-state index contributed by atoms with van der Waals surface area (Å²) in [6, 6.07) is 5.91. The predicted octanol–water partition coefficient (Wildman–Crippen LogP) is 1.86. The highest BCUT2D eigenvalue weighted by Gasteiger charge is 2.25. The van der Waals surface area contributed by atoms with E-state index in [1.807, 2.05) is 19.1 Å². The zero-order chi connectivity index (χ0) is 9.47. The topological polar surface area (TPSA) is 52.0 Å². The van der Waals surface area contributed by atoms with Gasteiger partial charge in [0.25, 0.3) is 0 Å². The second-order valence-corrected chi connectivity index (χ2v) is 3.83. The summed E-state index contributed by atoms with van der Waals surface area (Å²) in [5, 5.41) is 0. The number of nitrogens with two attached hydrogens (primary N) is 2. The van der Waals surface area contributed by atoms with Crippen LogP contribution in [0.15, 0.2) is 24.3 Å². The second-order valence-electron chi connectivity index (χ2n) is 3.83. The van der Waals surface area contributed by atoms with Gasteiger partial charge < -0.3 is 11.5 Å². The fraction of sp³-hybridized carbons (Fsp3) is 0.273. The quantitative estimate of drug-likeness (QED) is 0.590. The van der Waals surface area contributed by atoms with Crippen LogP contribution in [0.5, 0.6) is 0 Å². The number of rotatable bonds is 0. The lowest BCUT2D eigenvalue weighted by atomic mass is 9.82. The molecule has 0 heterocycles. The van der Waals surface area contributed by atoms with Gasteiger partial charge in [0.2, 0.25) is 0 Å². The summed E-state index contributed by atoms with van der Waals surface area (Å²) in [4.78, 5) is 0. The smallest absolute Gasteiger partial charge is 0.0422 e. The molecule has 0 spiro atoms. The van der Waals surface area contributed by atoms with Crippen molar-refractivity contribution in [3.8, 4) is 0 Å². The molecule has 0 saturated carbocycles. The normalized spacial score (nSPS) is 25.7. The van der Waals surface area contributed by atoms with E-state index in [4.69, 9.17) is 11.5 Å². The molecule has 1 unspecified atom stereocenters. The molecule has 1 aliphatic carbocycles. The molecule has 1 aromatic carbocycles. The summed E-state index contributed by atoms with van der Waals surface area (Å²) in [6.07, 6.45) is 5.02. The van der Waals surface area contributed by atoms with Crippen LogP contribution in [0.4, 0.5) is 5.69 Å². The molecule has 0 saturated heterocycles. The van der Waals surface area contributed by atoms with E-state index < -0.39 is 0 Å². The molecule has 2 nitrogen and oxygen atoms in total. The minimum absolute atomic E-state index is 0.264. The highest BCUT2D eigenvalue weighted by Crippen LogP contribution is 2.33. The van der Waals surface area contributed by atoms with Gasteiger partial charge in [-0.3, -0.25) is 0 Å². The van der Waals surface area contributed by atoms with Gasteiger partial charge in [0, 0.05) is 16.8 Å². The number of fused-ring (bicyclic) bond motifs is 1. The Morgan fingerprint density at radius 2 is 2.15 bits per heavy atom.